The summed E-state index contributed by atoms with van der Waals surface area (Å²) in [7, 11) is 0. The predicted octanol–water partition coefficient (Wildman–Crippen LogP) is 5.74. The van der Waals surface area contributed by atoms with Gasteiger partial charge in [-0.1, -0.05) is 89.2 Å². The third-order valence-corrected chi connectivity index (χ3v) is 4.40. The fourth-order valence-corrected chi connectivity index (χ4v) is 3.04. The molecule has 0 atom stereocenters. The second kappa shape index (κ2) is 18.7. The zero-order chi connectivity index (χ0) is 16.3. The third kappa shape index (κ3) is 16.0. The van der Waals surface area contributed by atoms with Gasteiger partial charge in [-0.25, -0.2) is 0 Å². The highest BCUT2D eigenvalue weighted by molar-refractivity contribution is 5.01. The molecule has 22 heavy (non-hydrogen) atoms. The van der Waals surface area contributed by atoms with Gasteiger partial charge in [-0.2, -0.15) is 0 Å². The Labute approximate surface area is 139 Å². The van der Waals surface area contributed by atoms with Gasteiger partial charge in [0.25, 0.3) is 0 Å². The molecule has 0 saturated heterocycles. The molecular weight excluding hydrogens is 270 g/mol. The summed E-state index contributed by atoms with van der Waals surface area (Å²) < 4.78 is 0. The molecule has 0 aromatic carbocycles. The standard InChI is InChI=1S/C20H41NO/c1-2-15-20(17-19-22)16-13-11-9-7-5-3-4-6-8-10-12-14-18-21/h17,22H,2-16,18-19,21H2,1H3. The first-order valence-electron chi connectivity index (χ1n) is 9.84. The van der Waals surface area contributed by atoms with Crippen LogP contribution in [0.5, 0.6) is 0 Å². The molecule has 0 spiro atoms. The number of rotatable bonds is 17. The molecule has 132 valence electrons. The number of aliphatic hydroxyl groups excluding tert-OH is 1. The molecule has 0 rings (SSSR count). The topological polar surface area (TPSA) is 46.2 Å². The summed E-state index contributed by atoms with van der Waals surface area (Å²) in [5.74, 6) is 0. The Morgan fingerprint density at radius 3 is 1.59 bits per heavy atom. The number of allylic oxidation sites excluding steroid dienone is 1. The van der Waals surface area contributed by atoms with Gasteiger partial charge >= 0.3 is 0 Å². The predicted molar refractivity (Wildman–Crippen MR) is 99.2 cm³/mol. The highest BCUT2D eigenvalue weighted by Crippen LogP contribution is 2.16. The van der Waals surface area contributed by atoms with Gasteiger partial charge in [0.05, 0.1) is 6.61 Å². The van der Waals surface area contributed by atoms with Crippen molar-refractivity contribution in [3.8, 4) is 0 Å². The van der Waals surface area contributed by atoms with Crippen LogP contribution in [0.25, 0.3) is 0 Å². The molecule has 2 nitrogen and oxygen atoms in total. The van der Waals surface area contributed by atoms with Crippen LogP contribution in [0.2, 0.25) is 0 Å². The molecule has 0 fully saturated rings. The molecule has 0 unspecified atom stereocenters. The molecule has 0 aliphatic carbocycles. The van der Waals surface area contributed by atoms with Gasteiger partial charge in [0, 0.05) is 0 Å². The lowest BCUT2D eigenvalue weighted by Gasteiger charge is -2.06. The average molecular weight is 312 g/mol. The molecule has 0 aliphatic heterocycles. The largest absolute Gasteiger partial charge is 0.392 e. The van der Waals surface area contributed by atoms with Gasteiger partial charge < -0.3 is 10.8 Å². The lowest BCUT2D eigenvalue weighted by molar-refractivity contribution is 0.341. The summed E-state index contributed by atoms with van der Waals surface area (Å²) in [6, 6.07) is 0. The first-order valence-corrected chi connectivity index (χ1v) is 9.84. The summed E-state index contributed by atoms with van der Waals surface area (Å²) in [5.41, 5.74) is 6.95. The maximum Gasteiger partial charge on any atom is 0.0615 e. The number of hydrogen-bond acceptors (Lipinski definition) is 2. The van der Waals surface area contributed by atoms with Crippen LogP contribution >= 0.6 is 0 Å². The number of hydrogen-bond donors (Lipinski definition) is 2. The van der Waals surface area contributed by atoms with E-state index < -0.39 is 0 Å². The van der Waals surface area contributed by atoms with Crippen LogP contribution in [0, 0.1) is 0 Å². The number of nitrogens with two attached hydrogens (primary N) is 1. The van der Waals surface area contributed by atoms with Crippen LogP contribution < -0.4 is 5.73 Å². The van der Waals surface area contributed by atoms with Crippen molar-refractivity contribution in [3.63, 3.8) is 0 Å². The fraction of sp³-hybridized carbons (Fsp3) is 0.900. The normalized spacial score (nSPS) is 12.0. The molecule has 0 heterocycles. The van der Waals surface area contributed by atoms with Gasteiger partial charge in [0.2, 0.25) is 0 Å². The van der Waals surface area contributed by atoms with Crippen molar-refractivity contribution in [3.05, 3.63) is 11.6 Å². The highest BCUT2D eigenvalue weighted by Gasteiger charge is 1.97. The van der Waals surface area contributed by atoms with Crippen LogP contribution in [-0.2, 0) is 0 Å². The summed E-state index contributed by atoms with van der Waals surface area (Å²) in [5, 5.41) is 8.99. The Morgan fingerprint density at radius 2 is 1.18 bits per heavy atom. The van der Waals surface area contributed by atoms with Crippen molar-refractivity contribution in [2.45, 2.75) is 103 Å². The SMILES string of the molecule is CCCC(=CCO)CCCCCCCCCCCCCCN. The molecule has 3 N–H and O–H groups in total. The lowest BCUT2D eigenvalue weighted by Crippen LogP contribution is -1.97. The minimum absolute atomic E-state index is 0.210. The molecule has 0 aromatic heterocycles. The van der Waals surface area contributed by atoms with Gasteiger partial charge in [-0.05, 0) is 32.2 Å². The molecule has 0 bridgehead atoms. The van der Waals surface area contributed by atoms with Crippen molar-refractivity contribution < 1.29 is 5.11 Å². The zero-order valence-electron chi connectivity index (χ0n) is 15.1. The van der Waals surface area contributed by atoms with Crippen molar-refractivity contribution >= 4 is 0 Å². The van der Waals surface area contributed by atoms with Crippen LogP contribution in [0.4, 0.5) is 0 Å². The van der Waals surface area contributed by atoms with Gasteiger partial charge in [-0.15, -0.1) is 0 Å². The van der Waals surface area contributed by atoms with Crippen molar-refractivity contribution in [2.24, 2.45) is 5.73 Å². The van der Waals surface area contributed by atoms with Crippen LogP contribution in [0.1, 0.15) is 103 Å². The summed E-state index contributed by atoms with van der Waals surface area (Å²) in [6.45, 7) is 3.28. The molecule has 0 aromatic rings. The number of aliphatic hydroxyl groups is 1. The summed E-state index contributed by atoms with van der Waals surface area (Å²) in [4.78, 5) is 0. The zero-order valence-corrected chi connectivity index (χ0v) is 15.1. The molecule has 0 radical (unpaired) electrons. The maximum atomic E-state index is 8.99. The second-order valence-electron chi connectivity index (χ2n) is 6.58. The highest BCUT2D eigenvalue weighted by atomic mass is 16.2. The summed E-state index contributed by atoms with van der Waals surface area (Å²) in [6.07, 6.45) is 22.0. The lowest BCUT2D eigenvalue weighted by atomic mass is 10.0. The Bertz CT molecular complexity index is 238. The van der Waals surface area contributed by atoms with Crippen molar-refractivity contribution in [1.29, 1.82) is 0 Å². The molecule has 0 saturated carbocycles. The second-order valence-corrected chi connectivity index (χ2v) is 6.58. The van der Waals surface area contributed by atoms with Gasteiger partial charge in [0.15, 0.2) is 0 Å². The van der Waals surface area contributed by atoms with E-state index in [4.69, 9.17) is 10.8 Å². The Kier molecular flexibility index (Phi) is 18.4. The smallest absolute Gasteiger partial charge is 0.0615 e. The molecule has 2 heteroatoms. The Balaban J connectivity index is 3.21. The third-order valence-electron chi connectivity index (χ3n) is 4.40. The van der Waals surface area contributed by atoms with E-state index in [9.17, 15) is 0 Å². The van der Waals surface area contributed by atoms with Crippen LogP contribution in [-0.4, -0.2) is 18.3 Å². The van der Waals surface area contributed by atoms with E-state index in [2.05, 4.69) is 6.92 Å². The molecule has 0 aliphatic rings. The first kappa shape index (κ1) is 21.7. The van der Waals surface area contributed by atoms with E-state index in [1.807, 2.05) is 6.08 Å². The molecular formula is C20H41NO. The molecule has 0 amide bonds. The minimum atomic E-state index is 0.210. The van der Waals surface area contributed by atoms with Crippen LogP contribution in [0.3, 0.4) is 0 Å². The van der Waals surface area contributed by atoms with E-state index in [1.54, 1.807) is 0 Å². The quantitative estimate of drug-likeness (QED) is 0.266. The maximum absolute atomic E-state index is 8.99. The van der Waals surface area contributed by atoms with Gasteiger partial charge in [-0.3, -0.25) is 0 Å². The minimum Gasteiger partial charge on any atom is -0.392 e. The fourth-order valence-electron chi connectivity index (χ4n) is 3.04. The van der Waals surface area contributed by atoms with Gasteiger partial charge in [0.1, 0.15) is 0 Å². The summed E-state index contributed by atoms with van der Waals surface area (Å²) >= 11 is 0. The van der Waals surface area contributed by atoms with E-state index in [1.165, 1.54) is 95.5 Å². The van der Waals surface area contributed by atoms with E-state index in [0.29, 0.717) is 0 Å². The van der Waals surface area contributed by atoms with Crippen molar-refractivity contribution in [1.82, 2.24) is 0 Å². The van der Waals surface area contributed by atoms with Crippen molar-refractivity contribution in [2.75, 3.05) is 13.2 Å². The van der Waals surface area contributed by atoms with Crippen LogP contribution in [0.15, 0.2) is 11.6 Å². The van der Waals surface area contributed by atoms with E-state index in [-0.39, 0.29) is 6.61 Å². The Morgan fingerprint density at radius 1 is 0.727 bits per heavy atom. The number of unbranched alkanes of at least 4 members (excludes halogenated alkanes) is 11. The van der Waals surface area contributed by atoms with E-state index in [0.717, 1.165) is 13.0 Å². The monoisotopic (exact) mass is 311 g/mol. The average Bonchev–Trinajstić information content (AvgIpc) is 2.52. The Hall–Kier alpha value is -0.340. The first-order chi connectivity index (χ1) is 10.8. The van der Waals surface area contributed by atoms with E-state index >= 15 is 0 Å².